The molecule has 0 atom stereocenters. The molecule has 1 amide bonds. The number of nitrogens with one attached hydrogen (secondary N) is 1. The number of hydrogen-bond donors (Lipinski definition) is 1. The Morgan fingerprint density at radius 2 is 1.61 bits per heavy atom. The van der Waals surface area contributed by atoms with Gasteiger partial charge in [0.2, 0.25) is 5.91 Å². The summed E-state index contributed by atoms with van der Waals surface area (Å²) in [4.78, 5) is 22.8. The molecule has 3 heteroatoms. The molecule has 0 saturated carbocycles. The van der Waals surface area contributed by atoms with Crippen LogP contribution in [0.3, 0.4) is 0 Å². The van der Waals surface area contributed by atoms with E-state index in [1.165, 1.54) is 19.3 Å². The van der Waals surface area contributed by atoms with Gasteiger partial charge in [0.25, 0.3) is 0 Å². The summed E-state index contributed by atoms with van der Waals surface area (Å²) in [6, 6.07) is 0. The Morgan fingerprint density at radius 1 is 0.944 bits per heavy atom. The first-order valence-corrected chi connectivity index (χ1v) is 7.37. The van der Waals surface area contributed by atoms with E-state index in [1.807, 2.05) is 13.8 Å². The van der Waals surface area contributed by atoms with Crippen molar-refractivity contribution in [2.75, 3.05) is 6.54 Å². The predicted octanol–water partition coefficient (Wildman–Crippen LogP) is 3.47. The summed E-state index contributed by atoms with van der Waals surface area (Å²) >= 11 is 0. The van der Waals surface area contributed by atoms with E-state index in [-0.39, 0.29) is 11.8 Å². The standard InChI is InChI=1S/C15H29NO2/c1-4-5-6-9-12-16-15(18)11-8-7-10-14(17)13(2)3/h13H,4-12H2,1-3H3,(H,16,18). The summed E-state index contributed by atoms with van der Waals surface area (Å²) in [5.74, 6) is 0.552. The molecular formula is C15H29NO2. The number of hydrogen-bond acceptors (Lipinski definition) is 2. The molecule has 0 bridgehead atoms. The van der Waals surface area contributed by atoms with Crippen molar-refractivity contribution in [1.82, 2.24) is 5.32 Å². The first kappa shape index (κ1) is 17.1. The molecule has 0 unspecified atom stereocenters. The molecule has 0 aromatic rings. The minimum atomic E-state index is 0.123. The van der Waals surface area contributed by atoms with E-state index in [0.717, 1.165) is 25.8 Å². The molecule has 0 spiro atoms. The molecule has 0 aromatic heterocycles. The summed E-state index contributed by atoms with van der Waals surface area (Å²) in [6.45, 7) is 6.82. The number of ketones is 1. The second-order valence-corrected chi connectivity index (χ2v) is 5.24. The van der Waals surface area contributed by atoms with Gasteiger partial charge in [-0.15, -0.1) is 0 Å². The van der Waals surface area contributed by atoms with Crippen molar-refractivity contribution >= 4 is 11.7 Å². The number of carbonyl (C=O) groups excluding carboxylic acids is 2. The lowest BCUT2D eigenvalue weighted by Gasteiger charge is -2.05. The molecule has 1 N–H and O–H groups in total. The number of Topliss-reactive ketones (excluding diaryl/α,β-unsaturated/α-hetero) is 1. The Kier molecular flexibility index (Phi) is 10.7. The van der Waals surface area contributed by atoms with Crippen molar-refractivity contribution in [2.24, 2.45) is 5.92 Å². The van der Waals surface area contributed by atoms with Crippen molar-refractivity contribution in [2.45, 2.75) is 72.1 Å². The highest BCUT2D eigenvalue weighted by Gasteiger charge is 2.07. The van der Waals surface area contributed by atoms with Crippen molar-refractivity contribution in [3.05, 3.63) is 0 Å². The number of amides is 1. The van der Waals surface area contributed by atoms with Crippen molar-refractivity contribution < 1.29 is 9.59 Å². The van der Waals surface area contributed by atoms with Crippen LogP contribution in [-0.4, -0.2) is 18.2 Å². The molecule has 0 aliphatic rings. The molecule has 0 heterocycles. The molecule has 0 radical (unpaired) electrons. The van der Waals surface area contributed by atoms with Crippen LogP contribution in [0.2, 0.25) is 0 Å². The van der Waals surface area contributed by atoms with Gasteiger partial charge in [-0.2, -0.15) is 0 Å². The molecule has 0 aromatic carbocycles. The van der Waals surface area contributed by atoms with E-state index in [4.69, 9.17) is 0 Å². The van der Waals surface area contributed by atoms with Gasteiger partial charge >= 0.3 is 0 Å². The van der Waals surface area contributed by atoms with Crippen LogP contribution in [0.4, 0.5) is 0 Å². The number of carbonyl (C=O) groups is 2. The highest BCUT2D eigenvalue weighted by Crippen LogP contribution is 2.06. The zero-order valence-corrected chi connectivity index (χ0v) is 12.3. The lowest BCUT2D eigenvalue weighted by molar-refractivity contribution is -0.123. The van der Waals surface area contributed by atoms with E-state index < -0.39 is 0 Å². The SMILES string of the molecule is CCCCCCNC(=O)CCCCC(=O)C(C)C. The van der Waals surface area contributed by atoms with Crippen LogP contribution in [-0.2, 0) is 9.59 Å². The molecule has 0 fully saturated rings. The second-order valence-electron chi connectivity index (χ2n) is 5.24. The van der Waals surface area contributed by atoms with Gasteiger partial charge in [-0.05, 0) is 19.3 Å². The average molecular weight is 255 g/mol. The third-order valence-corrected chi connectivity index (χ3v) is 3.07. The summed E-state index contributed by atoms with van der Waals surface area (Å²) in [6.07, 6.45) is 7.55. The van der Waals surface area contributed by atoms with E-state index >= 15 is 0 Å². The molecule has 0 aliphatic carbocycles. The Labute approximate surface area is 112 Å². The predicted molar refractivity (Wildman–Crippen MR) is 75.5 cm³/mol. The first-order valence-electron chi connectivity index (χ1n) is 7.37. The van der Waals surface area contributed by atoms with Gasteiger partial charge in [0.15, 0.2) is 0 Å². The van der Waals surface area contributed by atoms with Crippen LogP contribution in [0.5, 0.6) is 0 Å². The fraction of sp³-hybridized carbons (Fsp3) is 0.867. The molecule has 0 saturated heterocycles. The Hall–Kier alpha value is -0.860. The molecule has 0 aliphatic heterocycles. The van der Waals surface area contributed by atoms with E-state index in [0.29, 0.717) is 18.6 Å². The summed E-state index contributed by atoms with van der Waals surface area (Å²) < 4.78 is 0. The van der Waals surface area contributed by atoms with Crippen LogP contribution in [0.25, 0.3) is 0 Å². The summed E-state index contributed by atoms with van der Waals surface area (Å²) in [5, 5.41) is 2.93. The minimum Gasteiger partial charge on any atom is -0.356 e. The number of unbranched alkanes of at least 4 members (excludes halogenated alkanes) is 4. The highest BCUT2D eigenvalue weighted by atomic mass is 16.1. The van der Waals surface area contributed by atoms with Crippen LogP contribution in [0.1, 0.15) is 72.1 Å². The van der Waals surface area contributed by atoms with Crippen LogP contribution in [0.15, 0.2) is 0 Å². The Bertz CT molecular complexity index is 237. The molecule has 106 valence electrons. The quantitative estimate of drug-likeness (QED) is 0.575. The third kappa shape index (κ3) is 10.3. The highest BCUT2D eigenvalue weighted by molar-refractivity contribution is 5.80. The maximum atomic E-state index is 11.5. The van der Waals surface area contributed by atoms with Crippen LogP contribution < -0.4 is 5.32 Å². The largest absolute Gasteiger partial charge is 0.356 e. The Morgan fingerprint density at radius 3 is 2.22 bits per heavy atom. The van der Waals surface area contributed by atoms with Gasteiger partial charge in [-0.3, -0.25) is 9.59 Å². The van der Waals surface area contributed by atoms with Gasteiger partial charge in [0, 0.05) is 25.3 Å². The molecule has 0 rings (SSSR count). The van der Waals surface area contributed by atoms with Gasteiger partial charge in [-0.1, -0.05) is 40.0 Å². The summed E-state index contributed by atoms with van der Waals surface area (Å²) in [7, 11) is 0. The average Bonchev–Trinajstić information content (AvgIpc) is 2.34. The summed E-state index contributed by atoms with van der Waals surface area (Å²) in [5.41, 5.74) is 0. The lowest BCUT2D eigenvalue weighted by atomic mass is 10.0. The van der Waals surface area contributed by atoms with Gasteiger partial charge in [0.1, 0.15) is 5.78 Å². The zero-order chi connectivity index (χ0) is 13.8. The normalized spacial score (nSPS) is 10.7. The van der Waals surface area contributed by atoms with Gasteiger partial charge < -0.3 is 5.32 Å². The zero-order valence-electron chi connectivity index (χ0n) is 12.3. The fourth-order valence-electron chi connectivity index (χ4n) is 1.74. The lowest BCUT2D eigenvalue weighted by Crippen LogP contribution is -2.24. The van der Waals surface area contributed by atoms with E-state index in [1.54, 1.807) is 0 Å². The van der Waals surface area contributed by atoms with Crippen LogP contribution in [0, 0.1) is 5.92 Å². The van der Waals surface area contributed by atoms with Crippen molar-refractivity contribution in [3.8, 4) is 0 Å². The van der Waals surface area contributed by atoms with Crippen molar-refractivity contribution in [1.29, 1.82) is 0 Å². The van der Waals surface area contributed by atoms with Crippen molar-refractivity contribution in [3.63, 3.8) is 0 Å². The van der Waals surface area contributed by atoms with E-state index in [9.17, 15) is 9.59 Å². The maximum absolute atomic E-state index is 11.5. The monoisotopic (exact) mass is 255 g/mol. The van der Waals surface area contributed by atoms with Crippen LogP contribution >= 0.6 is 0 Å². The molecule has 18 heavy (non-hydrogen) atoms. The Balaban J connectivity index is 3.34. The van der Waals surface area contributed by atoms with E-state index in [2.05, 4.69) is 12.2 Å². The second kappa shape index (κ2) is 11.2. The molecule has 3 nitrogen and oxygen atoms in total. The van der Waals surface area contributed by atoms with Gasteiger partial charge in [-0.25, -0.2) is 0 Å². The van der Waals surface area contributed by atoms with Gasteiger partial charge in [0.05, 0.1) is 0 Å². The molecular weight excluding hydrogens is 226 g/mol. The number of rotatable bonds is 11. The maximum Gasteiger partial charge on any atom is 0.219 e. The topological polar surface area (TPSA) is 46.2 Å². The fourth-order valence-corrected chi connectivity index (χ4v) is 1.74. The third-order valence-electron chi connectivity index (χ3n) is 3.07. The first-order chi connectivity index (χ1) is 8.57. The minimum absolute atomic E-state index is 0.123. The smallest absolute Gasteiger partial charge is 0.219 e.